The number of nitrogens with zero attached hydrogens (tertiary/aromatic N) is 2. The highest BCUT2D eigenvalue weighted by molar-refractivity contribution is 6.30. The molecule has 0 amide bonds. The zero-order chi connectivity index (χ0) is 20.0. The lowest BCUT2D eigenvalue weighted by Gasteiger charge is -2.50. The fraction of sp³-hybridized carbons (Fsp3) is 0.458. The number of quaternary nitrogens is 1. The number of rotatable bonds is 3. The first-order chi connectivity index (χ1) is 14.1. The van der Waals surface area contributed by atoms with Gasteiger partial charge in [0.1, 0.15) is 5.75 Å². The molecule has 5 rings (SSSR count). The summed E-state index contributed by atoms with van der Waals surface area (Å²) >= 11 is 6.11. The molecule has 3 aliphatic heterocycles. The van der Waals surface area contributed by atoms with Gasteiger partial charge in [-0.25, -0.2) is 5.01 Å². The van der Waals surface area contributed by atoms with E-state index in [2.05, 4.69) is 49.2 Å². The summed E-state index contributed by atoms with van der Waals surface area (Å²) in [7, 11) is 0. The first-order valence-corrected chi connectivity index (χ1v) is 11.2. The molecule has 3 heterocycles. The molecule has 1 fully saturated rings. The topological polar surface area (TPSA) is 29.3 Å². The van der Waals surface area contributed by atoms with Gasteiger partial charge in [-0.2, -0.15) is 5.10 Å². The van der Waals surface area contributed by atoms with E-state index < -0.39 is 0 Å². The average Bonchev–Trinajstić information content (AvgIpc) is 3.18. The molecule has 3 aliphatic rings. The Labute approximate surface area is 178 Å². The van der Waals surface area contributed by atoms with Gasteiger partial charge in [-0.15, -0.1) is 0 Å². The minimum Gasteiger partial charge on any atom is -0.466 e. The highest BCUT2D eigenvalue weighted by atomic mass is 35.5. The summed E-state index contributed by atoms with van der Waals surface area (Å²) in [6.45, 7) is 7.95. The second kappa shape index (κ2) is 7.33. The minimum absolute atomic E-state index is 0.247. The number of aryl methyl sites for hydroxylation is 1. The summed E-state index contributed by atoms with van der Waals surface area (Å²) in [5.41, 5.74) is 4.50. The molecule has 1 N–H and O–H groups in total. The molecular weight excluding hydrogens is 382 g/mol. The van der Waals surface area contributed by atoms with E-state index in [1.807, 2.05) is 12.1 Å². The zero-order valence-electron chi connectivity index (χ0n) is 17.2. The first-order valence-electron chi connectivity index (χ1n) is 10.8. The fourth-order valence-electron chi connectivity index (χ4n) is 5.15. The number of nitrogens with one attached hydrogen (secondary N) is 1. The second-order valence-corrected chi connectivity index (χ2v) is 9.14. The van der Waals surface area contributed by atoms with Crippen LogP contribution in [0.25, 0.3) is 0 Å². The van der Waals surface area contributed by atoms with Gasteiger partial charge in [0.05, 0.1) is 44.2 Å². The van der Waals surface area contributed by atoms with E-state index in [4.69, 9.17) is 21.4 Å². The Morgan fingerprint density at radius 2 is 1.93 bits per heavy atom. The van der Waals surface area contributed by atoms with E-state index in [0.29, 0.717) is 0 Å². The molecule has 0 unspecified atom stereocenters. The number of hydrazone groups is 1. The molecule has 0 saturated carbocycles. The normalized spacial score (nSPS) is 28.0. The van der Waals surface area contributed by atoms with Gasteiger partial charge in [-0.05, 0) is 37.1 Å². The van der Waals surface area contributed by atoms with E-state index in [1.54, 1.807) is 4.90 Å². The summed E-state index contributed by atoms with van der Waals surface area (Å²) in [5.74, 6) is 1.04. The number of hydrogen-bond acceptors (Lipinski definition) is 3. The lowest BCUT2D eigenvalue weighted by molar-refractivity contribution is -0.908. The van der Waals surface area contributed by atoms with Crippen LogP contribution in [0.2, 0.25) is 5.02 Å². The number of fused-ring (bicyclic) bond motifs is 4. The molecule has 0 radical (unpaired) electrons. The van der Waals surface area contributed by atoms with Gasteiger partial charge < -0.3 is 9.64 Å². The zero-order valence-corrected chi connectivity index (χ0v) is 18.0. The van der Waals surface area contributed by atoms with Crippen molar-refractivity contribution < 1.29 is 9.64 Å². The van der Waals surface area contributed by atoms with Crippen LogP contribution in [0.1, 0.15) is 55.3 Å². The van der Waals surface area contributed by atoms with Crippen LogP contribution in [0.3, 0.4) is 0 Å². The van der Waals surface area contributed by atoms with Crippen molar-refractivity contribution >= 4 is 17.3 Å². The predicted octanol–water partition coefficient (Wildman–Crippen LogP) is 3.98. The minimum atomic E-state index is -0.321. The Balaban J connectivity index is 1.52. The van der Waals surface area contributed by atoms with Crippen molar-refractivity contribution in [1.29, 1.82) is 0 Å². The van der Waals surface area contributed by atoms with Crippen LogP contribution < -0.4 is 9.64 Å². The monoisotopic (exact) mass is 410 g/mol. The second-order valence-electron chi connectivity index (χ2n) is 8.71. The van der Waals surface area contributed by atoms with Gasteiger partial charge in [-0.1, -0.05) is 48.4 Å². The van der Waals surface area contributed by atoms with Gasteiger partial charge in [-0.3, -0.25) is 0 Å². The van der Waals surface area contributed by atoms with E-state index >= 15 is 0 Å². The van der Waals surface area contributed by atoms with Crippen LogP contribution in [0.15, 0.2) is 47.6 Å². The van der Waals surface area contributed by atoms with Gasteiger partial charge in [0.2, 0.25) is 5.72 Å². The molecule has 29 heavy (non-hydrogen) atoms. The highest BCUT2D eigenvalue weighted by Crippen LogP contribution is 2.49. The van der Waals surface area contributed by atoms with Gasteiger partial charge in [0.25, 0.3) is 0 Å². The molecule has 152 valence electrons. The van der Waals surface area contributed by atoms with Gasteiger partial charge in [0, 0.05) is 17.0 Å². The quantitative estimate of drug-likeness (QED) is 0.829. The Bertz CT molecular complexity index is 932. The summed E-state index contributed by atoms with van der Waals surface area (Å²) in [4.78, 5) is 1.69. The Hall–Kier alpha value is -2.04. The summed E-state index contributed by atoms with van der Waals surface area (Å²) in [5, 5.41) is 8.23. The molecule has 0 aromatic heterocycles. The van der Waals surface area contributed by atoms with Gasteiger partial charge in [0.15, 0.2) is 0 Å². The smallest absolute Gasteiger partial charge is 0.208 e. The number of halogens is 1. The molecule has 1 atom stereocenters. The van der Waals surface area contributed by atoms with Crippen molar-refractivity contribution in [1.82, 2.24) is 5.01 Å². The van der Waals surface area contributed by atoms with Crippen LogP contribution >= 0.6 is 11.6 Å². The van der Waals surface area contributed by atoms with Crippen molar-refractivity contribution in [2.45, 2.75) is 51.3 Å². The Morgan fingerprint density at radius 1 is 1.17 bits per heavy atom. The van der Waals surface area contributed by atoms with Crippen molar-refractivity contribution in [3.63, 3.8) is 0 Å². The molecule has 0 bridgehead atoms. The average molecular weight is 411 g/mol. The number of benzene rings is 2. The molecule has 2 aromatic carbocycles. The number of piperidine rings is 1. The fourth-order valence-corrected chi connectivity index (χ4v) is 5.27. The molecule has 1 saturated heterocycles. The maximum absolute atomic E-state index is 6.74. The van der Waals surface area contributed by atoms with Crippen LogP contribution in [-0.2, 0) is 0 Å². The molecular formula is C24H29ClN3O+. The number of likely N-dealkylation sites (tertiary alicyclic amines) is 1. The highest BCUT2D eigenvalue weighted by Gasteiger charge is 2.52. The lowest BCUT2D eigenvalue weighted by Crippen LogP contribution is -3.14. The molecule has 1 spiro atoms. The Morgan fingerprint density at radius 3 is 2.66 bits per heavy atom. The first kappa shape index (κ1) is 19.0. The summed E-state index contributed by atoms with van der Waals surface area (Å²) in [6.07, 6.45) is 4.18. The molecule has 0 aliphatic carbocycles. The number of hydrogen-bond donors (Lipinski definition) is 1. The third-order valence-electron chi connectivity index (χ3n) is 6.67. The third kappa shape index (κ3) is 3.32. The van der Waals surface area contributed by atoms with Crippen molar-refractivity contribution in [2.75, 3.05) is 19.6 Å². The van der Waals surface area contributed by atoms with Crippen LogP contribution in [0.4, 0.5) is 0 Å². The molecule has 4 nitrogen and oxygen atoms in total. The third-order valence-corrected chi connectivity index (χ3v) is 6.92. The van der Waals surface area contributed by atoms with Crippen molar-refractivity contribution in [3.05, 3.63) is 64.2 Å². The van der Waals surface area contributed by atoms with Gasteiger partial charge >= 0.3 is 0 Å². The lowest BCUT2D eigenvalue weighted by atomic mass is 9.90. The van der Waals surface area contributed by atoms with E-state index in [9.17, 15) is 0 Å². The van der Waals surface area contributed by atoms with Crippen LogP contribution in [-0.4, -0.2) is 36.1 Å². The Kier molecular flexibility index (Phi) is 4.79. The molecule has 5 heteroatoms. The maximum Gasteiger partial charge on any atom is 0.208 e. The number of ether oxygens (including phenoxy) is 1. The van der Waals surface area contributed by atoms with Crippen LogP contribution in [0.5, 0.6) is 5.75 Å². The van der Waals surface area contributed by atoms with Crippen LogP contribution in [0, 0.1) is 6.92 Å². The largest absolute Gasteiger partial charge is 0.466 e. The van der Waals surface area contributed by atoms with Crippen molar-refractivity contribution in [2.24, 2.45) is 5.10 Å². The predicted molar refractivity (Wildman–Crippen MR) is 117 cm³/mol. The SMILES string of the molecule is CCC[NH+]1CCC2(CC1)Oc1ccc(C)cc1[C@H]1CC(c3ccc(Cl)cc3)=NN12. The maximum atomic E-state index is 6.74. The van der Waals surface area contributed by atoms with E-state index in [0.717, 1.165) is 54.4 Å². The van der Waals surface area contributed by atoms with E-state index in [1.165, 1.54) is 24.1 Å². The molecule has 2 aromatic rings. The van der Waals surface area contributed by atoms with E-state index in [-0.39, 0.29) is 11.8 Å². The summed E-state index contributed by atoms with van der Waals surface area (Å²) < 4.78 is 6.74. The standard InChI is InChI=1S/C24H28ClN3O/c1-3-12-27-13-10-24(11-14-27)28-22(20-15-17(2)4-9-23(20)29-24)16-21(26-28)18-5-7-19(25)8-6-18/h4-9,15,22H,3,10-14,16H2,1-2H3/p+1/t22-/m1/s1. The summed E-state index contributed by atoms with van der Waals surface area (Å²) in [6, 6.07) is 14.9. The van der Waals surface area contributed by atoms with Crippen molar-refractivity contribution in [3.8, 4) is 5.75 Å².